The lowest BCUT2D eigenvalue weighted by molar-refractivity contribution is 0.0596. The van der Waals surface area contributed by atoms with Gasteiger partial charge in [-0.15, -0.1) is 0 Å². The van der Waals surface area contributed by atoms with Crippen LogP contribution in [-0.2, 0) is 4.74 Å². The van der Waals surface area contributed by atoms with Crippen molar-refractivity contribution >= 4 is 5.97 Å². The van der Waals surface area contributed by atoms with E-state index in [0.29, 0.717) is 17.9 Å². The van der Waals surface area contributed by atoms with Crippen LogP contribution in [0.2, 0.25) is 0 Å². The fourth-order valence-corrected chi connectivity index (χ4v) is 1.15. The minimum atomic E-state index is -0.504. The number of nitriles is 1. The second kappa shape index (κ2) is 5.01. The summed E-state index contributed by atoms with van der Waals surface area (Å²) in [6, 6.07) is 6.59. The molecule has 0 radical (unpaired) electrons. The molecule has 0 spiro atoms. The van der Waals surface area contributed by atoms with Crippen molar-refractivity contribution in [3.63, 3.8) is 0 Å². The van der Waals surface area contributed by atoms with Crippen LogP contribution in [0.3, 0.4) is 0 Å². The normalized spacial score (nSPS) is 9.13. The Morgan fingerprint density at radius 2 is 2.27 bits per heavy atom. The summed E-state index contributed by atoms with van der Waals surface area (Å²) in [6.07, 6.45) is 0. The fourth-order valence-electron chi connectivity index (χ4n) is 1.15. The van der Waals surface area contributed by atoms with Gasteiger partial charge in [-0.2, -0.15) is 5.26 Å². The van der Waals surface area contributed by atoms with Crippen LogP contribution in [0.15, 0.2) is 18.2 Å². The molecule has 15 heavy (non-hydrogen) atoms. The average molecular weight is 205 g/mol. The molecule has 4 nitrogen and oxygen atoms in total. The van der Waals surface area contributed by atoms with E-state index in [1.165, 1.54) is 13.2 Å². The summed E-state index contributed by atoms with van der Waals surface area (Å²) in [7, 11) is 1.29. The Bertz CT molecular complexity index is 407. The molecule has 0 aliphatic carbocycles. The second-order valence-electron chi connectivity index (χ2n) is 2.75. The SMILES string of the molecule is CCOc1ccc(C#N)cc1C(=O)OC. The van der Waals surface area contributed by atoms with Crippen LogP contribution >= 0.6 is 0 Å². The third-order valence-corrected chi connectivity index (χ3v) is 1.81. The number of rotatable bonds is 3. The van der Waals surface area contributed by atoms with Gasteiger partial charge in [-0.1, -0.05) is 0 Å². The van der Waals surface area contributed by atoms with Gasteiger partial charge in [0.2, 0.25) is 0 Å². The summed E-state index contributed by atoms with van der Waals surface area (Å²) in [6.45, 7) is 2.27. The first-order valence-corrected chi connectivity index (χ1v) is 4.48. The van der Waals surface area contributed by atoms with Crippen LogP contribution in [0.1, 0.15) is 22.8 Å². The molecule has 1 aromatic carbocycles. The van der Waals surface area contributed by atoms with Crippen molar-refractivity contribution in [2.75, 3.05) is 13.7 Å². The molecule has 0 bridgehead atoms. The molecule has 1 aromatic rings. The lowest BCUT2D eigenvalue weighted by atomic mass is 10.1. The summed E-state index contributed by atoms with van der Waals surface area (Å²) >= 11 is 0. The summed E-state index contributed by atoms with van der Waals surface area (Å²) < 4.78 is 9.84. The Balaban J connectivity index is 3.17. The number of carbonyl (C=O) groups excluding carboxylic acids is 1. The number of nitrogens with zero attached hydrogens (tertiary/aromatic N) is 1. The predicted octanol–water partition coefficient (Wildman–Crippen LogP) is 1.74. The molecule has 0 fully saturated rings. The molecule has 0 saturated carbocycles. The van der Waals surface area contributed by atoms with Gasteiger partial charge in [-0.05, 0) is 25.1 Å². The van der Waals surface area contributed by atoms with Gasteiger partial charge in [0.1, 0.15) is 11.3 Å². The van der Waals surface area contributed by atoms with Crippen LogP contribution in [0.5, 0.6) is 5.75 Å². The van der Waals surface area contributed by atoms with Crippen molar-refractivity contribution in [1.82, 2.24) is 0 Å². The van der Waals surface area contributed by atoms with E-state index in [1.807, 2.05) is 13.0 Å². The van der Waals surface area contributed by atoms with Crippen LogP contribution in [0.4, 0.5) is 0 Å². The maximum atomic E-state index is 11.4. The monoisotopic (exact) mass is 205 g/mol. The molecule has 0 aromatic heterocycles. The highest BCUT2D eigenvalue weighted by atomic mass is 16.5. The van der Waals surface area contributed by atoms with Gasteiger partial charge in [0.25, 0.3) is 0 Å². The molecule has 1 rings (SSSR count). The predicted molar refractivity (Wildman–Crippen MR) is 53.7 cm³/mol. The molecule has 0 aliphatic heterocycles. The van der Waals surface area contributed by atoms with Gasteiger partial charge < -0.3 is 9.47 Å². The molecule has 0 amide bonds. The van der Waals surface area contributed by atoms with Crippen LogP contribution in [0, 0.1) is 11.3 Å². The molecule has 0 N–H and O–H groups in total. The Kier molecular flexibility index (Phi) is 3.69. The number of esters is 1. The van der Waals surface area contributed by atoms with Crippen LogP contribution in [0.25, 0.3) is 0 Å². The number of hydrogen-bond acceptors (Lipinski definition) is 4. The highest BCUT2D eigenvalue weighted by Crippen LogP contribution is 2.20. The molecule has 0 heterocycles. The topological polar surface area (TPSA) is 59.3 Å². The molecule has 0 unspecified atom stereocenters. The minimum absolute atomic E-state index is 0.276. The fraction of sp³-hybridized carbons (Fsp3) is 0.273. The Labute approximate surface area is 88.0 Å². The maximum Gasteiger partial charge on any atom is 0.341 e. The average Bonchev–Trinajstić information content (AvgIpc) is 2.29. The maximum absolute atomic E-state index is 11.4. The third kappa shape index (κ3) is 2.47. The van der Waals surface area contributed by atoms with E-state index in [1.54, 1.807) is 12.1 Å². The van der Waals surface area contributed by atoms with Gasteiger partial charge in [0, 0.05) is 0 Å². The smallest absolute Gasteiger partial charge is 0.341 e. The Morgan fingerprint density at radius 3 is 2.80 bits per heavy atom. The van der Waals surface area contributed by atoms with E-state index in [4.69, 9.17) is 10.00 Å². The molecular formula is C11H11NO3. The minimum Gasteiger partial charge on any atom is -0.493 e. The van der Waals surface area contributed by atoms with Crippen molar-refractivity contribution in [3.05, 3.63) is 29.3 Å². The van der Waals surface area contributed by atoms with Gasteiger partial charge in [0.15, 0.2) is 0 Å². The van der Waals surface area contributed by atoms with Crippen molar-refractivity contribution < 1.29 is 14.3 Å². The quantitative estimate of drug-likeness (QED) is 0.705. The summed E-state index contributed by atoms with van der Waals surface area (Å²) in [5, 5.41) is 8.69. The lowest BCUT2D eigenvalue weighted by Crippen LogP contribution is -2.06. The number of benzene rings is 1. The highest BCUT2D eigenvalue weighted by Gasteiger charge is 2.13. The molecule has 0 atom stereocenters. The zero-order chi connectivity index (χ0) is 11.3. The lowest BCUT2D eigenvalue weighted by Gasteiger charge is -2.08. The second-order valence-corrected chi connectivity index (χ2v) is 2.75. The molecule has 4 heteroatoms. The number of hydrogen-bond donors (Lipinski definition) is 0. The van der Waals surface area contributed by atoms with E-state index >= 15 is 0 Å². The largest absolute Gasteiger partial charge is 0.493 e. The first kappa shape index (κ1) is 11.1. The van der Waals surface area contributed by atoms with E-state index < -0.39 is 5.97 Å². The first-order chi connectivity index (χ1) is 7.22. The van der Waals surface area contributed by atoms with E-state index in [0.717, 1.165) is 0 Å². The molecule has 0 aliphatic rings. The van der Waals surface area contributed by atoms with Crippen LogP contribution < -0.4 is 4.74 Å². The van der Waals surface area contributed by atoms with E-state index in [-0.39, 0.29) is 5.56 Å². The third-order valence-electron chi connectivity index (χ3n) is 1.81. The molecular weight excluding hydrogens is 194 g/mol. The number of ether oxygens (including phenoxy) is 2. The van der Waals surface area contributed by atoms with Gasteiger partial charge >= 0.3 is 5.97 Å². The van der Waals surface area contributed by atoms with E-state index in [9.17, 15) is 4.79 Å². The molecule has 0 saturated heterocycles. The number of carbonyl (C=O) groups is 1. The zero-order valence-corrected chi connectivity index (χ0v) is 8.61. The van der Waals surface area contributed by atoms with Crippen molar-refractivity contribution in [3.8, 4) is 11.8 Å². The van der Waals surface area contributed by atoms with Gasteiger partial charge in [-0.3, -0.25) is 0 Å². The molecule has 78 valence electrons. The van der Waals surface area contributed by atoms with Crippen molar-refractivity contribution in [2.24, 2.45) is 0 Å². The van der Waals surface area contributed by atoms with Crippen molar-refractivity contribution in [2.45, 2.75) is 6.92 Å². The zero-order valence-electron chi connectivity index (χ0n) is 8.61. The van der Waals surface area contributed by atoms with Gasteiger partial charge in [0.05, 0.1) is 25.3 Å². The Morgan fingerprint density at radius 1 is 1.53 bits per heavy atom. The van der Waals surface area contributed by atoms with Crippen molar-refractivity contribution in [1.29, 1.82) is 5.26 Å². The van der Waals surface area contributed by atoms with E-state index in [2.05, 4.69) is 4.74 Å². The van der Waals surface area contributed by atoms with Crippen LogP contribution in [-0.4, -0.2) is 19.7 Å². The van der Waals surface area contributed by atoms with Gasteiger partial charge in [-0.25, -0.2) is 4.79 Å². The summed E-state index contributed by atoms with van der Waals surface area (Å²) in [5.74, 6) is -0.0705. The Hall–Kier alpha value is -2.02. The summed E-state index contributed by atoms with van der Waals surface area (Å²) in [5.41, 5.74) is 0.678. The number of methoxy groups -OCH3 is 1. The standard InChI is InChI=1S/C11H11NO3/c1-3-15-10-5-4-8(7-12)6-9(10)11(13)14-2/h4-6H,3H2,1-2H3. The first-order valence-electron chi connectivity index (χ1n) is 4.48. The highest BCUT2D eigenvalue weighted by molar-refractivity contribution is 5.92. The summed E-state index contributed by atoms with van der Waals surface area (Å²) in [4.78, 5) is 11.4.